The van der Waals surface area contributed by atoms with Crippen LogP contribution in [-0.4, -0.2) is 148 Å². The number of cyclic esters (lactones) is 1. The molecule has 0 unspecified atom stereocenters. The molecule has 412 valence electrons. The summed E-state index contributed by atoms with van der Waals surface area (Å²) in [4.78, 5) is 81.3. The van der Waals surface area contributed by atoms with E-state index in [1.54, 1.807) is 52.5 Å². The maximum absolute atomic E-state index is 14.6. The molecule has 74 heavy (non-hydrogen) atoms. The molecule has 1 aromatic heterocycles. The number of allylic oxidation sites excluding steroid dienone is 6. The van der Waals surface area contributed by atoms with E-state index in [4.69, 9.17) is 28.4 Å². The van der Waals surface area contributed by atoms with Crippen molar-refractivity contribution in [1.29, 1.82) is 0 Å². The van der Waals surface area contributed by atoms with E-state index in [2.05, 4.69) is 9.97 Å². The highest BCUT2D eigenvalue weighted by Crippen LogP contribution is 2.38. The van der Waals surface area contributed by atoms with Crippen LogP contribution in [0.25, 0.3) is 0 Å². The molecule has 1 amide bonds. The second-order valence-corrected chi connectivity index (χ2v) is 21.4. The molecule has 3 N–H and O–H groups in total. The maximum Gasteiger partial charge on any atom is 0.329 e. The van der Waals surface area contributed by atoms with Gasteiger partial charge in [-0.25, -0.2) is 4.79 Å². The van der Waals surface area contributed by atoms with Gasteiger partial charge < -0.3 is 48.6 Å². The lowest BCUT2D eigenvalue weighted by molar-refractivity contribution is -0.266. The quantitative estimate of drug-likeness (QED) is 0.121. The minimum absolute atomic E-state index is 0.0154. The van der Waals surface area contributed by atoms with E-state index >= 15 is 0 Å². The number of ether oxygens (including phenoxy) is 6. The zero-order valence-electron chi connectivity index (χ0n) is 45.3. The average Bonchev–Trinajstić information content (AvgIpc) is 3.39. The van der Waals surface area contributed by atoms with Crippen molar-refractivity contribution in [2.75, 3.05) is 34.0 Å². The van der Waals surface area contributed by atoms with Crippen molar-refractivity contribution in [3.63, 3.8) is 0 Å². The molecule has 17 heteroatoms. The first-order valence-corrected chi connectivity index (χ1v) is 26.9. The smallest absolute Gasteiger partial charge is 0.329 e. The number of piperidine rings is 1. The summed E-state index contributed by atoms with van der Waals surface area (Å²) in [7, 11) is 3.00. The van der Waals surface area contributed by atoms with E-state index in [0.29, 0.717) is 62.6 Å². The lowest BCUT2D eigenvalue weighted by atomic mass is 9.78. The van der Waals surface area contributed by atoms with Gasteiger partial charge >= 0.3 is 5.97 Å². The molecule has 5 rings (SSSR count). The van der Waals surface area contributed by atoms with Crippen LogP contribution in [0.2, 0.25) is 0 Å². The molecule has 1 aliphatic carbocycles. The van der Waals surface area contributed by atoms with E-state index in [0.717, 1.165) is 12.0 Å². The number of aliphatic hydroxyl groups excluding tert-OH is 2. The van der Waals surface area contributed by atoms with E-state index < -0.39 is 77.8 Å². The van der Waals surface area contributed by atoms with Crippen LogP contribution in [0.15, 0.2) is 66.2 Å². The van der Waals surface area contributed by atoms with Crippen molar-refractivity contribution < 1.29 is 67.7 Å². The van der Waals surface area contributed by atoms with Crippen LogP contribution in [0.5, 0.6) is 0 Å². The summed E-state index contributed by atoms with van der Waals surface area (Å²) < 4.78 is 36.3. The number of carbonyl (C=O) groups is 5. The predicted molar refractivity (Wildman–Crippen MR) is 276 cm³/mol. The lowest BCUT2D eigenvalue weighted by Gasteiger charge is -2.43. The third-order valence-corrected chi connectivity index (χ3v) is 15.6. The highest BCUT2D eigenvalue weighted by molar-refractivity contribution is 6.39. The fourth-order valence-corrected chi connectivity index (χ4v) is 11.0. The fraction of sp³-hybridized carbons (Fsp3) is 0.702. The summed E-state index contributed by atoms with van der Waals surface area (Å²) in [6, 6.07) is -1.17. The minimum Gasteiger partial charge on any atom is -0.460 e. The van der Waals surface area contributed by atoms with E-state index in [1.165, 1.54) is 12.0 Å². The van der Waals surface area contributed by atoms with Crippen molar-refractivity contribution in [1.82, 2.24) is 14.9 Å². The zero-order valence-corrected chi connectivity index (χ0v) is 45.3. The van der Waals surface area contributed by atoms with Gasteiger partial charge in [0, 0.05) is 63.8 Å². The Morgan fingerprint density at radius 3 is 2.35 bits per heavy atom. The number of aliphatic hydroxyl groups is 3. The number of rotatable bonds is 11. The summed E-state index contributed by atoms with van der Waals surface area (Å²) in [6.07, 6.45) is 16.1. The maximum atomic E-state index is 14.6. The first-order chi connectivity index (χ1) is 35.3. The number of aromatic nitrogens is 2. The first kappa shape index (κ1) is 60.5. The molecular weight excluding hydrogens is 951 g/mol. The van der Waals surface area contributed by atoms with Crippen LogP contribution in [0, 0.1) is 35.5 Å². The predicted octanol–water partition coefficient (Wildman–Crippen LogP) is 6.56. The molecule has 15 atom stereocenters. The third-order valence-electron chi connectivity index (χ3n) is 15.6. The molecule has 0 aromatic carbocycles. The summed E-state index contributed by atoms with van der Waals surface area (Å²) in [6.45, 7) is 12.9. The molecule has 3 fully saturated rings. The van der Waals surface area contributed by atoms with Crippen molar-refractivity contribution in [3.8, 4) is 0 Å². The number of fused-ring (bicyclic) bond motifs is 3. The SMILES string of the molecule is CO[C@@H]1C[C@H](C[C@@H](C)[C@@H]2CC(=O)[C@H](C)/C=C(\C)[C@@H](O)[C@@H](OC)C(=O)[C@H](C)C[C@H](C)/C=C/C=C/C=C(\C)[C@@H](OCc3cnccn3)C[C@@H]3CC[C@@H](C)[C@@](O)(O3)C(=O)C(=O)N3CCCC[C@H]3C(=O)O2)CC[C@H]1OCCO. The van der Waals surface area contributed by atoms with Crippen molar-refractivity contribution in [3.05, 3.63) is 71.9 Å². The second kappa shape index (κ2) is 29.3. The summed E-state index contributed by atoms with van der Waals surface area (Å²) in [5.74, 6) is -8.24. The van der Waals surface area contributed by atoms with Crippen LogP contribution in [0.1, 0.15) is 131 Å². The van der Waals surface area contributed by atoms with E-state index in [-0.39, 0.29) is 87.2 Å². The summed E-state index contributed by atoms with van der Waals surface area (Å²) >= 11 is 0. The average molecular weight is 1040 g/mol. The van der Waals surface area contributed by atoms with Gasteiger partial charge in [0.1, 0.15) is 30.1 Å². The van der Waals surface area contributed by atoms with E-state index in [1.807, 2.05) is 58.1 Å². The Kier molecular flexibility index (Phi) is 23.9. The number of ketones is 3. The molecule has 2 bridgehead atoms. The molecule has 1 saturated carbocycles. The van der Waals surface area contributed by atoms with Crippen LogP contribution in [0.4, 0.5) is 0 Å². The third kappa shape index (κ3) is 16.6. The molecule has 3 aliphatic heterocycles. The number of amides is 1. The Morgan fingerprint density at radius 1 is 0.878 bits per heavy atom. The highest BCUT2D eigenvalue weighted by atomic mass is 16.6. The Hall–Kier alpha value is -4.33. The number of methoxy groups -OCH3 is 2. The number of esters is 1. The minimum atomic E-state index is -2.49. The monoisotopic (exact) mass is 1040 g/mol. The number of nitrogens with zero attached hydrogens (tertiary/aromatic N) is 3. The largest absolute Gasteiger partial charge is 0.460 e. The van der Waals surface area contributed by atoms with Gasteiger partial charge in [0.15, 0.2) is 5.78 Å². The van der Waals surface area contributed by atoms with Gasteiger partial charge in [0.25, 0.3) is 11.7 Å². The molecule has 4 heterocycles. The molecule has 1 aromatic rings. The van der Waals surface area contributed by atoms with E-state index in [9.17, 15) is 39.3 Å². The summed E-state index contributed by atoms with van der Waals surface area (Å²) in [5.41, 5.74) is 1.81. The van der Waals surface area contributed by atoms with Gasteiger partial charge in [0.2, 0.25) is 5.79 Å². The van der Waals surface area contributed by atoms with Crippen molar-refractivity contribution in [2.24, 2.45) is 35.5 Å². The van der Waals surface area contributed by atoms with Crippen LogP contribution in [0.3, 0.4) is 0 Å². The molecule has 4 aliphatic rings. The Bertz CT molecular complexity index is 2130. The van der Waals surface area contributed by atoms with Gasteiger partial charge in [0.05, 0.1) is 56.1 Å². The number of Topliss-reactive ketones (excluding diaryl/α,β-unsaturated/α-hetero) is 3. The van der Waals surface area contributed by atoms with Gasteiger partial charge in [-0.3, -0.25) is 29.1 Å². The molecule has 2 saturated heterocycles. The Labute approximate surface area is 438 Å². The Morgan fingerprint density at radius 2 is 1.65 bits per heavy atom. The number of hydrogen-bond acceptors (Lipinski definition) is 16. The molecule has 0 spiro atoms. The van der Waals surface area contributed by atoms with Gasteiger partial charge in [-0.2, -0.15) is 0 Å². The van der Waals surface area contributed by atoms with Gasteiger partial charge in [-0.05, 0) is 107 Å². The highest BCUT2D eigenvalue weighted by Gasteiger charge is 2.53. The van der Waals surface area contributed by atoms with Crippen molar-refractivity contribution in [2.45, 2.75) is 187 Å². The first-order valence-electron chi connectivity index (χ1n) is 26.9. The van der Waals surface area contributed by atoms with Crippen LogP contribution < -0.4 is 0 Å². The van der Waals surface area contributed by atoms with Crippen LogP contribution >= 0.6 is 0 Å². The Balaban J connectivity index is 1.48. The number of hydrogen-bond donors (Lipinski definition) is 3. The zero-order chi connectivity index (χ0) is 54.1. The van der Waals surface area contributed by atoms with Gasteiger partial charge in [-0.15, -0.1) is 0 Å². The normalized spacial score (nSPS) is 36.9. The lowest BCUT2D eigenvalue weighted by Crippen LogP contribution is -2.61. The number of carbonyl (C=O) groups excluding carboxylic acids is 5. The van der Waals surface area contributed by atoms with Gasteiger partial charge in [-0.1, -0.05) is 71.1 Å². The van der Waals surface area contributed by atoms with Crippen molar-refractivity contribution >= 4 is 29.2 Å². The topological polar surface area (TPSA) is 230 Å². The molecule has 0 radical (unpaired) electrons. The van der Waals surface area contributed by atoms with Crippen LogP contribution in [-0.2, 0) is 59.0 Å². The molecule has 17 nitrogen and oxygen atoms in total. The molecular formula is C57H85N3O14. The second-order valence-electron chi connectivity index (χ2n) is 21.4. The summed E-state index contributed by atoms with van der Waals surface area (Å²) in [5, 5.41) is 33.1. The standard InChI is InChI=1S/C57H85N3O14/c1-35-15-11-10-12-16-36(2)48(72-34-43-33-58-22-23-59-43)31-44-20-18-41(7)57(68,74-44)54(65)55(66)60-24-14-13-17-45(60)56(67)73-49(38(4)29-42-19-21-47(71-26-25-61)50(30-42)69-8)32-46(62)37(3)28-40(6)52(64)53(70-9)51(63)39(5)27-35/h10-12,15-16,22-23,28,33,35,37-39,41-42,44-45,47-50,52-53,61,64,68H,13-14,17-21,24-27,29-32,34H2,1-9H3/b12-10+,15-11+,36-16+,40-28+/t35-,37-,38-,39-,41-,42+,44+,45+,47-,48+,49+,50-,52-,53+,57-/m1/s1. The fourth-order valence-electron chi connectivity index (χ4n) is 11.0.